The van der Waals surface area contributed by atoms with Crippen LogP contribution in [-0.4, -0.2) is 48.7 Å². The number of halogens is 1. The van der Waals surface area contributed by atoms with Crippen molar-refractivity contribution in [3.63, 3.8) is 0 Å². The molecule has 0 unspecified atom stereocenters. The van der Waals surface area contributed by atoms with Gasteiger partial charge in [-0.3, -0.25) is 15.0 Å². The third kappa shape index (κ3) is 7.18. The maximum Gasteiger partial charge on any atom is 0.264 e. The first-order chi connectivity index (χ1) is 16.5. The van der Waals surface area contributed by atoms with Crippen molar-refractivity contribution >= 4 is 46.2 Å². The summed E-state index contributed by atoms with van der Waals surface area (Å²) in [6.07, 6.45) is 0. The van der Waals surface area contributed by atoms with Gasteiger partial charge in [-0.25, -0.2) is 0 Å². The Morgan fingerprint density at radius 2 is 1.59 bits per heavy atom. The predicted octanol–water partition coefficient (Wildman–Crippen LogP) is 4.55. The van der Waals surface area contributed by atoms with Gasteiger partial charge in [0.05, 0.1) is 0 Å². The van der Waals surface area contributed by atoms with Crippen LogP contribution in [0.25, 0.3) is 0 Å². The van der Waals surface area contributed by atoms with Crippen LogP contribution in [-0.2, 0) is 11.3 Å². The summed E-state index contributed by atoms with van der Waals surface area (Å²) in [6, 6.07) is 25.5. The molecule has 0 saturated carbocycles. The molecule has 1 amide bonds. The number of benzene rings is 3. The lowest BCUT2D eigenvalue weighted by molar-refractivity contribution is -0.121. The molecule has 6 nitrogen and oxygen atoms in total. The van der Waals surface area contributed by atoms with Crippen molar-refractivity contribution in [3.8, 4) is 5.75 Å². The smallest absolute Gasteiger partial charge is 0.264 e. The van der Waals surface area contributed by atoms with E-state index in [1.54, 1.807) is 24.3 Å². The number of hydrogen-bond acceptors (Lipinski definition) is 5. The van der Waals surface area contributed by atoms with Gasteiger partial charge >= 0.3 is 0 Å². The highest BCUT2D eigenvalue weighted by Crippen LogP contribution is 2.20. The van der Waals surface area contributed by atoms with Crippen LogP contribution in [0.3, 0.4) is 0 Å². The van der Waals surface area contributed by atoms with Gasteiger partial charge in [-0.2, -0.15) is 0 Å². The minimum atomic E-state index is -0.336. The van der Waals surface area contributed by atoms with E-state index in [-0.39, 0.29) is 17.6 Å². The molecule has 0 radical (unpaired) electrons. The number of carbonyl (C=O) groups excluding carboxylic acids is 1. The normalized spacial score (nSPS) is 13.9. The number of rotatable bonds is 7. The minimum Gasteiger partial charge on any atom is -0.484 e. The van der Waals surface area contributed by atoms with Crippen molar-refractivity contribution in [3.05, 3.63) is 89.4 Å². The number of ether oxygens (including phenoxy) is 1. The van der Waals surface area contributed by atoms with Gasteiger partial charge in [-0.05, 0) is 66.3 Å². The molecule has 176 valence electrons. The van der Waals surface area contributed by atoms with E-state index in [1.165, 1.54) is 11.3 Å². The Morgan fingerprint density at radius 3 is 2.26 bits per heavy atom. The molecule has 3 aromatic rings. The Bertz CT molecular complexity index is 1090. The molecule has 0 aromatic heterocycles. The molecule has 1 aliphatic rings. The van der Waals surface area contributed by atoms with Gasteiger partial charge in [0.1, 0.15) is 5.75 Å². The first-order valence-corrected chi connectivity index (χ1v) is 11.9. The number of carbonyl (C=O) groups is 1. The number of anilines is 2. The summed E-state index contributed by atoms with van der Waals surface area (Å²) in [4.78, 5) is 17.0. The van der Waals surface area contributed by atoms with Crippen LogP contribution in [0.1, 0.15) is 5.56 Å². The van der Waals surface area contributed by atoms with Crippen molar-refractivity contribution in [2.45, 2.75) is 6.54 Å². The Labute approximate surface area is 210 Å². The van der Waals surface area contributed by atoms with Gasteiger partial charge in [0, 0.05) is 49.1 Å². The maximum atomic E-state index is 12.1. The average Bonchev–Trinajstić information content (AvgIpc) is 2.85. The fourth-order valence-electron chi connectivity index (χ4n) is 3.77. The van der Waals surface area contributed by atoms with Gasteiger partial charge in [-0.15, -0.1) is 0 Å². The molecule has 1 heterocycles. The Balaban J connectivity index is 1.19. The quantitative estimate of drug-likeness (QED) is 0.470. The lowest BCUT2D eigenvalue weighted by Gasteiger charge is -2.36. The summed E-state index contributed by atoms with van der Waals surface area (Å²) in [6.45, 7) is 4.89. The van der Waals surface area contributed by atoms with Crippen LogP contribution < -0.4 is 20.3 Å². The molecule has 1 saturated heterocycles. The first kappa shape index (κ1) is 24.0. The molecular formula is C26H27ClN4O2S. The zero-order valence-electron chi connectivity index (χ0n) is 18.7. The second-order valence-electron chi connectivity index (χ2n) is 8.04. The van der Waals surface area contributed by atoms with E-state index >= 15 is 0 Å². The van der Waals surface area contributed by atoms with Crippen LogP contribution in [0.2, 0.25) is 5.02 Å². The molecule has 34 heavy (non-hydrogen) atoms. The molecule has 4 rings (SSSR count). The molecule has 1 aliphatic heterocycles. The molecule has 0 aliphatic carbocycles. The maximum absolute atomic E-state index is 12.1. The van der Waals surface area contributed by atoms with Crippen LogP contribution in [0.5, 0.6) is 5.75 Å². The van der Waals surface area contributed by atoms with Crippen molar-refractivity contribution in [1.82, 2.24) is 10.2 Å². The monoisotopic (exact) mass is 494 g/mol. The minimum absolute atomic E-state index is 0.140. The molecule has 0 spiro atoms. The van der Waals surface area contributed by atoms with E-state index in [4.69, 9.17) is 28.6 Å². The molecular weight excluding hydrogens is 468 g/mol. The van der Waals surface area contributed by atoms with E-state index in [2.05, 4.69) is 62.9 Å². The second-order valence-corrected chi connectivity index (χ2v) is 8.89. The van der Waals surface area contributed by atoms with E-state index in [1.807, 2.05) is 12.1 Å². The highest BCUT2D eigenvalue weighted by atomic mass is 35.5. The van der Waals surface area contributed by atoms with Gasteiger partial charge < -0.3 is 15.0 Å². The van der Waals surface area contributed by atoms with Crippen molar-refractivity contribution in [1.29, 1.82) is 0 Å². The number of piperazine rings is 1. The van der Waals surface area contributed by atoms with Crippen molar-refractivity contribution in [2.24, 2.45) is 0 Å². The van der Waals surface area contributed by atoms with Crippen LogP contribution in [0, 0.1) is 0 Å². The zero-order valence-corrected chi connectivity index (χ0v) is 20.3. The highest BCUT2D eigenvalue weighted by Gasteiger charge is 2.17. The number of thiocarbonyl (C=S) groups is 1. The summed E-state index contributed by atoms with van der Waals surface area (Å²) in [5.74, 6) is 0.229. The third-order valence-electron chi connectivity index (χ3n) is 5.55. The summed E-state index contributed by atoms with van der Waals surface area (Å²) in [7, 11) is 0. The van der Waals surface area contributed by atoms with Crippen LogP contribution >= 0.6 is 23.8 Å². The van der Waals surface area contributed by atoms with Gasteiger partial charge in [0.15, 0.2) is 11.7 Å². The number of amides is 1. The van der Waals surface area contributed by atoms with E-state index in [9.17, 15) is 4.79 Å². The Hall–Kier alpha value is -3.13. The fourth-order valence-corrected chi connectivity index (χ4v) is 4.12. The highest BCUT2D eigenvalue weighted by molar-refractivity contribution is 7.80. The fraction of sp³-hybridized carbons (Fsp3) is 0.231. The number of nitrogens with zero attached hydrogens (tertiary/aromatic N) is 2. The zero-order chi connectivity index (χ0) is 23.8. The summed E-state index contributed by atoms with van der Waals surface area (Å²) < 4.78 is 5.43. The van der Waals surface area contributed by atoms with Gasteiger partial charge in [0.25, 0.3) is 5.91 Å². The molecule has 2 N–H and O–H groups in total. The van der Waals surface area contributed by atoms with Crippen LogP contribution in [0.4, 0.5) is 11.4 Å². The van der Waals surface area contributed by atoms with E-state index in [0.717, 1.165) is 38.4 Å². The second kappa shape index (κ2) is 11.8. The SMILES string of the molecule is O=C(COc1ccc(Cl)cc1)NC(=S)Nc1ccc(N2CCN(Cc3ccccc3)CC2)cc1. The van der Waals surface area contributed by atoms with E-state index < -0.39 is 0 Å². The Kier molecular flexibility index (Phi) is 8.36. The van der Waals surface area contributed by atoms with E-state index in [0.29, 0.717) is 10.8 Å². The molecule has 0 atom stereocenters. The number of hydrogen-bond donors (Lipinski definition) is 2. The first-order valence-electron chi connectivity index (χ1n) is 11.2. The summed E-state index contributed by atoms with van der Waals surface area (Å²) in [5.41, 5.74) is 3.34. The topological polar surface area (TPSA) is 56.8 Å². The lowest BCUT2D eigenvalue weighted by Crippen LogP contribution is -2.45. The molecule has 1 fully saturated rings. The van der Waals surface area contributed by atoms with Crippen molar-refractivity contribution in [2.75, 3.05) is 43.0 Å². The Morgan fingerprint density at radius 1 is 0.912 bits per heavy atom. The average molecular weight is 495 g/mol. The van der Waals surface area contributed by atoms with Crippen LogP contribution in [0.15, 0.2) is 78.9 Å². The largest absolute Gasteiger partial charge is 0.484 e. The third-order valence-corrected chi connectivity index (χ3v) is 6.00. The molecule has 8 heteroatoms. The standard InChI is InChI=1S/C26H27ClN4O2S/c27-21-6-12-24(13-7-21)33-19-25(32)29-26(34)28-22-8-10-23(11-9-22)31-16-14-30(15-17-31)18-20-4-2-1-3-5-20/h1-13H,14-19H2,(H2,28,29,32,34). The van der Waals surface area contributed by atoms with Gasteiger partial charge in [-0.1, -0.05) is 41.9 Å². The number of nitrogens with one attached hydrogen (secondary N) is 2. The molecule has 3 aromatic carbocycles. The summed E-state index contributed by atoms with van der Waals surface area (Å²) in [5, 5.41) is 6.51. The summed E-state index contributed by atoms with van der Waals surface area (Å²) >= 11 is 11.1. The molecule has 0 bridgehead atoms. The predicted molar refractivity (Wildman–Crippen MR) is 142 cm³/mol. The van der Waals surface area contributed by atoms with Gasteiger partial charge in [0.2, 0.25) is 0 Å². The van der Waals surface area contributed by atoms with Crippen molar-refractivity contribution < 1.29 is 9.53 Å². The lowest BCUT2D eigenvalue weighted by atomic mass is 10.2.